The maximum absolute atomic E-state index is 11.5. The predicted molar refractivity (Wildman–Crippen MR) is 104 cm³/mol. The highest BCUT2D eigenvalue weighted by molar-refractivity contribution is 8.00. The first-order valence-electron chi connectivity index (χ1n) is 8.70. The number of carboxylic acids is 1. The van der Waals surface area contributed by atoms with Crippen molar-refractivity contribution in [3.63, 3.8) is 0 Å². The van der Waals surface area contributed by atoms with Crippen molar-refractivity contribution in [2.75, 3.05) is 6.61 Å². The lowest BCUT2D eigenvalue weighted by Gasteiger charge is -2.12. The third-order valence-electron chi connectivity index (χ3n) is 3.98. The van der Waals surface area contributed by atoms with Crippen molar-refractivity contribution in [3.05, 3.63) is 59.7 Å². The number of hydrogen-bond acceptors (Lipinski definition) is 3. The fourth-order valence-electron chi connectivity index (χ4n) is 2.45. The molecule has 0 fully saturated rings. The molecule has 0 heterocycles. The molecule has 1 atom stereocenters. The summed E-state index contributed by atoms with van der Waals surface area (Å²) in [4.78, 5) is 12.5. The second-order valence-electron chi connectivity index (χ2n) is 6.27. The maximum atomic E-state index is 11.5. The van der Waals surface area contributed by atoms with Gasteiger partial charge in [-0.25, -0.2) is 0 Å². The van der Waals surface area contributed by atoms with Gasteiger partial charge in [-0.05, 0) is 51.0 Å². The zero-order valence-electron chi connectivity index (χ0n) is 14.9. The van der Waals surface area contributed by atoms with Gasteiger partial charge >= 0.3 is 5.97 Å². The largest absolute Gasteiger partial charge is 0.494 e. The van der Waals surface area contributed by atoms with E-state index in [1.807, 2.05) is 55.5 Å². The molecule has 0 bridgehead atoms. The topological polar surface area (TPSA) is 46.5 Å². The highest BCUT2D eigenvalue weighted by Gasteiger charge is 2.18. The zero-order valence-corrected chi connectivity index (χ0v) is 15.7. The Kier molecular flexibility index (Phi) is 7.86. The number of rotatable bonds is 10. The van der Waals surface area contributed by atoms with Gasteiger partial charge in [-0.15, -0.1) is 11.8 Å². The third kappa shape index (κ3) is 7.22. The van der Waals surface area contributed by atoms with Gasteiger partial charge in [0, 0.05) is 4.90 Å². The lowest BCUT2D eigenvalue weighted by molar-refractivity contribution is -0.136. The van der Waals surface area contributed by atoms with Crippen molar-refractivity contribution in [3.8, 4) is 5.75 Å². The Balaban J connectivity index is 1.66. The van der Waals surface area contributed by atoms with Gasteiger partial charge in [0.2, 0.25) is 0 Å². The van der Waals surface area contributed by atoms with Crippen molar-refractivity contribution >= 4 is 17.7 Å². The molecule has 0 aromatic heterocycles. The molecule has 2 rings (SSSR count). The summed E-state index contributed by atoms with van der Waals surface area (Å²) in [6.45, 7) is 4.75. The molecule has 0 aliphatic rings. The highest BCUT2D eigenvalue weighted by Crippen LogP contribution is 2.27. The SMILES string of the molecule is Cc1ccc(OCCCCCC(Sc2ccc(C)cc2)C(=O)O)cc1. The summed E-state index contributed by atoms with van der Waals surface area (Å²) >= 11 is 1.44. The van der Waals surface area contributed by atoms with Crippen LogP contribution in [0.3, 0.4) is 0 Å². The molecule has 25 heavy (non-hydrogen) atoms. The van der Waals surface area contributed by atoms with Crippen molar-refractivity contribution in [1.82, 2.24) is 0 Å². The minimum atomic E-state index is -0.735. The van der Waals surface area contributed by atoms with Gasteiger partial charge in [0.1, 0.15) is 11.0 Å². The Labute approximate surface area is 154 Å². The fourth-order valence-corrected chi connectivity index (χ4v) is 3.45. The molecule has 0 saturated heterocycles. The van der Waals surface area contributed by atoms with Crippen LogP contribution in [0.15, 0.2) is 53.4 Å². The van der Waals surface area contributed by atoms with E-state index < -0.39 is 5.97 Å². The van der Waals surface area contributed by atoms with Crippen LogP contribution in [0.5, 0.6) is 5.75 Å². The molecule has 2 aromatic rings. The molecule has 3 nitrogen and oxygen atoms in total. The quantitative estimate of drug-likeness (QED) is 0.451. The first-order valence-corrected chi connectivity index (χ1v) is 9.58. The number of hydrogen-bond donors (Lipinski definition) is 1. The van der Waals surface area contributed by atoms with Crippen LogP contribution in [-0.2, 0) is 4.79 Å². The number of benzene rings is 2. The molecule has 2 aromatic carbocycles. The molecule has 0 radical (unpaired) electrons. The van der Waals surface area contributed by atoms with Gasteiger partial charge < -0.3 is 9.84 Å². The second kappa shape index (κ2) is 10.1. The van der Waals surface area contributed by atoms with Crippen LogP contribution in [0.25, 0.3) is 0 Å². The summed E-state index contributed by atoms with van der Waals surface area (Å²) < 4.78 is 5.70. The summed E-state index contributed by atoms with van der Waals surface area (Å²) in [6.07, 6.45) is 3.49. The van der Waals surface area contributed by atoms with E-state index in [0.717, 1.165) is 29.9 Å². The van der Waals surface area contributed by atoms with E-state index in [0.29, 0.717) is 13.0 Å². The van der Waals surface area contributed by atoms with Crippen LogP contribution < -0.4 is 4.74 Å². The molecule has 134 valence electrons. The van der Waals surface area contributed by atoms with E-state index in [2.05, 4.69) is 6.92 Å². The standard InChI is InChI=1S/C21H26O3S/c1-16-7-11-18(12-8-16)24-15-5-3-4-6-20(21(22)23)25-19-13-9-17(2)10-14-19/h7-14,20H,3-6,15H2,1-2H3,(H,22,23). The van der Waals surface area contributed by atoms with E-state index in [-0.39, 0.29) is 5.25 Å². The number of ether oxygens (including phenoxy) is 1. The van der Waals surface area contributed by atoms with Gasteiger partial charge in [0.05, 0.1) is 6.61 Å². The number of aliphatic carboxylic acids is 1. The summed E-state index contributed by atoms with van der Waals surface area (Å²) in [5.74, 6) is 0.158. The zero-order chi connectivity index (χ0) is 18.1. The molecule has 0 spiro atoms. The molecule has 0 amide bonds. The second-order valence-corrected chi connectivity index (χ2v) is 7.54. The summed E-state index contributed by atoms with van der Waals surface area (Å²) in [5, 5.41) is 9.03. The van der Waals surface area contributed by atoms with E-state index >= 15 is 0 Å². The van der Waals surface area contributed by atoms with E-state index in [1.165, 1.54) is 22.9 Å². The van der Waals surface area contributed by atoms with Gasteiger partial charge in [-0.2, -0.15) is 0 Å². The Morgan fingerprint density at radius 1 is 0.960 bits per heavy atom. The average molecular weight is 359 g/mol. The van der Waals surface area contributed by atoms with Gasteiger partial charge in [0.25, 0.3) is 0 Å². The Hall–Kier alpha value is -1.94. The van der Waals surface area contributed by atoms with Gasteiger partial charge in [0.15, 0.2) is 0 Å². The Morgan fingerprint density at radius 2 is 1.56 bits per heavy atom. The summed E-state index contributed by atoms with van der Waals surface area (Å²) in [7, 11) is 0. The monoisotopic (exact) mass is 358 g/mol. The van der Waals surface area contributed by atoms with Crippen LogP contribution in [-0.4, -0.2) is 22.9 Å². The number of aryl methyl sites for hydroxylation is 2. The van der Waals surface area contributed by atoms with Crippen molar-refractivity contribution in [2.24, 2.45) is 0 Å². The van der Waals surface area contributed by atoms with Crippen LogP contribution in [0.1, 0.15) is 36.8 Å². The van der Waals surface area contributed by atoms with Crippen molar-refractivity contribution in [2.45, 2.75) is 49.7 Å². The normalized spacial score (nSPS) is 11.9. The molecule has 0 aliphatic carbocycles. The lowest BCUT2D eigenvalue weighted by atomic mass is 10.1. The van der Waals surface area contributed by atoms with Gasteiger partial charge in [-0.3, -0.25) is 4.79 Å². The molecule has 1 N–H and O–H groups in total. The summed E-state index contributed by atoms with van der Waals surface area (Å²) in [6, 6.07) is 16.1. The van der Waals surface area contributed by atoms with E-state index in [9.17, 15) is 9.90 Å². The Morgan fingerprint density at radius 3 is 2.16 bits per heavy atom. The number of unbranched alkanes of at least 4 members (excludes halogenated alkanes) is 2. The minimum Gasteiger partial charge on any atom is -0.494 e. The number of carbonyl (C=O) groups is 1. The van der Waals surface area contributed by atoms with Crippen molar-refractivity contribution < 1.29 is 14.6 Å². The number of carboxylic acid groups (broad SMARTS) is 1. The van der Waals surface area contributed by atoms with Crippen molar-refractivity contribution in [1.29, 1.82) is 0 Å². The number of thioether (sulfide) groups is 1. The molecule has 4 heteroatoms. The first kappa shape index (κ1) is 19.4. The molecule has 1 unspecified atom stereocenters. The predicted octanol–water partition coefficient (Wildman–Crippen LogP) is 5.49. The first-order chi connectivity index (χ1) is 12.0. The van der Waals surface area contributed by atoms with Crippen LogP contribution in [0, 0.1) is 13.8 Å². The third-order valence-corrected chi connectivity index (χ3v) is 5.24. The van der Waals surface area contributed by atoms with Crippen LogP contribution in [0.4, 0.5) is 0 Å². The van der Waals surface area contributed by atoms with E-state index in [4.69, 9.17) is 4.74 Å². The molecule has 0 saturated carbocycles. The smallest absolute Gasteiger partial charge is 0.316 e. The average Bonchev–Trinajstić information content (AvgIpc) is 2.60. The molecular formula is C21H26O3S. The van der Waals surface area contributed by atoms with Gasteiger partial charge in [-0.1, -0.05) is 48.2 Å². The maximum Gasteiger partial charge on any atom is 0.316 e. The molecular weight excluding hydrogens is 332 g/mol. The van der Waals surface area contributed by atoms with Crippen LogP contribution in [0.2, 0.25) is 0 Å². The van der Waals surface area contributed by atoms with Crippen LogP contribution >= 0.6 is 11.8 Å². The Bertz CT molecular complexity index is 650. The summed E-state index contributed by atoms with van der Waals surface area (Å²) in [5.41, 5.74) is 2.41. The highest BCUT2D eigenvalue weighted by atomic mass is 32.2. The lowest BCUT2D eigenvalue weighted by Crippen LogP contribution is -2.16. The van der Waals surface area contributed by atoms with E-state index in [1.54, 1.807) is 0 Å². The fraction of sp³-hybridized carbons (Fsp3) is 0.381. The molecule has 0 aliphatic heterocycles. The minimum absolute atomic E-state index is 0.388.